The average molecular weight is 412 g/mol. The number of rotatable bonds is 3. The predicted molar refractivity (Wildman–Crippen MR) is 118 cm³/mol. The van der Waals surface area contributed by atoms with E-state index in [1.807, 2.05) is 25.1 Å². The molecule has 6 nitrogen and oxygen atoms in total. The fraction of sp³-hybridized carbons (Fsp3) is 0.0833. The van der Waals surface area contributed by atoms with Gasteiger partial charge in [0.1, 0.15) is 11.6 Å². The zero-order valence-electron chi connectivity index (χ0n) is 16.6. The molecule has 7 heteroatoms. The van der Waals surface area contributed by atoms with Gasteiger partial charge < -0.3 is 4.98 Å². The number of aryl methyl sites for hydroxylation is 1. The largest absolute Gasteiger partial charge is 0.306 e. The molecular weight excluding hydrogens is 395 g/mol. The molecule has 5 rings (SSSR count). The van der Waals surface area contributed by atoms with Crippen LogP contribution in [-0.2, 0) is 6.42 Å². The van der Waals surface area contributed by atoms with Crippen molar-refractivity contribution in [3.63, 3.8) is 0 Å². The first kappa shape index (κ1) is 18.9. The molecule has 31 heavy (non-hydrogen) atoms. The molecule has 0 saturated heterocycles. The Morgan fingerprint density at radius 3 is 2.52 bits per heavy atom. The van der Waals surface area contributed by atoms with E-state index in [2.05, 4.69) is 20.2 Å². The molecule has 2 N–H and O–H groups in total. The van der Waals surface area contributed by atoms with E-state index < -0.39 is 5.82 Å². The summed E-state index contributed by atoms with van der Waals surface area (Å²) in [6.45, 7) is 1.86. The van der Waals surface area contributed by atoms with E-state index in [1.165, 1.54) is 6.07 Å². The summed E-state index contributed by atoms with van der Waals surface area (Å²) < 4.78 is 14.7. The van der Waals surface area contributed by atoms with E-state index in [-0.39, 0.29) is 22.5 Å². The molecule has 0 atom stereocenters. The Bertz CT molecular complexity index is 1590. The molecule has 0 aliphatic rings. The lowest BCUT2D eigenvalue weighted by atomic mass is 10.0. The lowest BCUT2D eigenvalue weighted by Crippen LogP contribution is -2.12. The number of hydrogen-bond donors (Lipinski definition) is 2. The van der Waals surface area contributed by atoms with E-state index in [9.17, 15) is 14.0 Å². The summed E-state index contributed by atoms with van der Waals surface area (Å²) in [6, 6.07) is 17.2. The van der Waals surface area contributed by atoms with Gasteiger partial charge in [0, 0.05) is 11.8 Å². The third-order valence-corrected chi connectivity index (χ3v) is 5.37. The van der Waals surface area contributed by atoms with Gasteiger partial charge in [-0.05, 0) is 42.3 Å². The van der Waals surface area contributed by atoms with E-state index in [0.717, 1.165) is 16.5 Å². The van der Waals surface area contributed by atoms with Crippen LogP contribution in [0.1, 0.15) is 16.8 Å². The molecule has 2 aromatic heterocycles. The van der Waals surface area contributed by atoms with Crippen molar-refractivity contribution >= 4 is 21.7 Å². The van der Waals surface area contributed by atoms with Crippen molar-refractivity contribution in [3.8, 4) is 11.4 Å². The maximum absolute atomic E-state index is 14.7. The SMILES string of the molecule is Cc1cccc2c(=O)[nH]c(-c3cc(Cc4n[nH]c(=O)c5ccccc45)ccc3F)nc12. The number of aromatic nitrogens is 4. The van der Waals surface area contributed by atoms with Crippen LogP contribution in [0, 0.1) is 12.7 Å². The quantitative estimate of drug-likeness (QED) is 0.471. The lowest BCUT2D eigenvalue weighted by Gasteiger charge is -2.09. The van der Waals surface area contributed by atoms with Gasteiger partial charge in [0.25, 0.3) is 11.1 Å². The number of nitrogens with one attached hydrogen (secondary N) is 2. The Kier molecular flexibility index (Phi) is 4.43. The fourth-order valence-corrected chi connectivity index (χ4v) is 3.80. The fourth-order valence-electron chi connectivity index (χ4n) is 3.80. The van der Waals surface area contributed by atoms with E-state index >= 15 is 0 Å². The zero-order valence-corrected chi connectivity index (χ0v) is 16.6. The second kappa shape index (κ2) is 7.28. The minimum atomic E-state index is -0.487. The average Bonchev–Trinajstić information content (AvgIpc) is 2.78. The predicted octanol–water partition coefficient (Wildman–Crippen LogP) is 3.86. The molecule has 0 radical (unpaired) electrons. The standard InChI is InChI=1S/C24H17FN4O2/c1-13-5-4-8-17-21(13)26-22(27-23(17)30)18-11-14(9-10-19(18)25)12-20-15-6-2-3-7-16(15)24(31)29-28-20/h2-11H,12H2,1H3,(H,29,31)(H,26,27,30). The van der Waals surface area contributed by atoms with Gasteiger partial charge in [-0.3, -0.25) is 9.59 Å². The zero-order chi connectivity index (χ0) is 21.5. The van der Waals surface area contributed by atoms with Crippen molar-refractivity contribution in [2.75, 3.05) is 0 Å². The van der Waals surface area contributed by atoms with Gasteiger partial charge in [0.2, 0.25) is 0 Å². The molecular formula is C24H17FN4O2. The molecule has 0 unspecified atom stereocenters. The first-order chi connectivity index (χ1) is 15.0. The first-order valence-electron chi connectivity index (χ1n) is 9.76. The number of aromatic amines is 2. The minimum absolute atomic E-state index is 0.172. The maximum atomic E-state index is 14.7. The Morgan fingerprint density at radius 2 is 1.68 bits per heavy atom. The summed E-state index contributed by atoms with van der Waals surface area (Å²) in [4.78, 5) is 31.8. The van der Waals surface area contributed by atoms with Gasteiger partial charge in [0.15, 0.2) is 0 Å². The highest BCUT2D eigenvalue weighted by Gasteiger charge is 2.14. The number of hydrogen-bond acceptors (Lipinski definition) is 4. The maximum Gasteiger partial charge on any atom is 0.272 e. The molecule has 3 aromatic carbocycles. The third-order valence-electron chi connectivity index (χ3n) is 5.37. The number of fused-ring (bicyclic) bond motifs is 2. The van der Waals surface area contributed by atoms with Crippen molar-refractivity contribution in [2.45, 2.75) is 13.3 Å². The second-order valence-electron chi connectivity index (χ2n) is 7.42. The van der Waals surface area contributed by atoms with E-state index in [4.69, 9.17) is 0 Å². The van der Waals surface area contributed by atoms with Crippen LogP contribution in [-0.4, -0.2) is 20.2 Å². The molecule has 2 heterocycles. The molecule has 0 saturated carbocycles. The molecule has 0 aliphatic carbocycles. The van der Waals surface area contributed by atoms with Crippen LogP contribution in [0.4, 0.5) is 4.39 Å². The van der Waals surface area contributed by atoms with Crippen LogP contribution in [0.2, 0.25) is 0 Å². The summed E-state index contributed by atoms with van der Waals surface area (Å²) in [5.41, 5.74) is 2.45. The van der Waals surface area contributed by atoms with Gasteiger partial charge in [-0.15, -0.1) is 0 Å². The van der Waals surface area contributed by atoms with Gasteiger partial charge in [0.05, 0.1) is 27.5 Å². The molecule has 0 bridgehead atoms. The Labute approximate surface area is 175 Å². The topological polar surface area (TPSA) is 91.5 Å². The Hall–Kier alpha value is -4.13. The molecule has 5 aromatic rings. The van der Waals surface area contributed by atoms with Gasteiger partial charge in [-0.2, -0.15) is 5.10 Å². The minimum Gasteiger partial charge on any atom is -0.306 e. The number of para-hydroxylation sites is 1. The number of nitrogens with zero attached hydrogens (tertiary/aromatic N) is 2. The van der Waals surface area contributed by atoms with Crippen LogP contribution < -0.4 is 11.1 Å². The highest BCUT2D eigenvalue weighted by molar-refractivity contribution is 5.84. The molecule has 0 amide bonds. The van der Waals surface area contributed by atoms with Crippen molar-refractivity contribution < 1.29 is 4.39 Å². The van der Waals surface area contributed by atoms with Gasteiger partial charge in [-0.25, -0.2) is 14.5 Å². The first-order valence-corrected chi connectivity index (χ1v) is 9.76. The molecule has 152 valence electrons. The summed E-state index contributed by atoms with van der Waals surface area (Å²) in [5, 5.41) is 8.45. The number of benzene rings is 3. The number of H-pyrrole nitrogens is 2. The molecule has 0 aliphatic heterocycles. The normalized spacial score (nSPS) is 11.3. The lowest BCUT2D eigenvalue weighted by molar-refractivity contribution is 0.629. The molecule has 0 spiro atoms. The summed E-state index contributed by atoms with van der Waals surface area (Å²) >= 11 is 0. The van der Waals surface area contributed by atoms with Crippen LogP contribution in [0.25, 0.3) is 33.1 Å². The Balaban J connectivity index is 1.62. The molecule has 0 fully saturated rings. The monoisotopic (exact) mass is 412 g/mol. The van der Waals surface area contributed by atoms with Crippen LogP contribution in [0.3, 0.4) is 0 Å². The highest BCUT2D eigenvalue weighted by atomic mass is 19.1. The summed E-state index contributed by atoms with van der Waals surface area (Å²) in [6.07, 6.45) is 0.376. The second-order valence-corrected chi connectivity index (χ2v) is 7.42. The van der Waals surface area contributed by atoms with Gasteiger partial charge >= 0.3 is 0 Å². The highest BCUT2D eigenvalue weighted by Crippen LogP contribution is 2.24. The van der Waals surface area contributed by atoms with Crippen molar-refractivity contribution in [3.05, 3.63) is 104 Å². The smallest absolute Gasteiger partial charge is 0.272 e. The van der Waals surface area contributed by atoms with Crippen molar-refractivity contribution in [2.24, 2.45) is 0 Å². The summed E-state index contributed by atoms with van der Waals surface area (Å²) in [5.74, 6) is -0.315. The van der Waals surface area contributed by atoms with E-state index in [1.54, 1.807) is 36.4 Å². The summed E-state index contributed by atoms with van der Waals surface area (Å²) in [7, 11) is 0. The third kappa shape index (κ3) is 3.30. The Morgan fingerprint density at radius 1 is 0.903 bits per heavy atom. The van der Waals surface area contributed by atoms with Crippen LogP contribution >= 0.6 is 0 Å². The van der Waals surface area contributed by atoms with Crippen molar-refractivity contribution in [1.82, 2.24) is 20.2 Å². The van der Waals surface area contributed by atoms with Crippen LogP contribution in [0.15, 0.2) is 70.3 Å². The van der Waals surface area contributed by atoms with Gasteiger partial charge in [-0.1, -0.05) is 36.4 Å². The van der Waals surface area contributed by atoms with Crippen LogP contribution in [0.5, 0.6) is 0 Å². The van der Waals surface area contributed by atoms with E-state index in [0.29, 0.717) is 28.4 Å². The number of halogens is 1. The van der Waals surface area contributed by atoms with Crippen molar-refractivity contribution in [1.29, 1.82) is 0 Å².